The van der Waals surface area contributed by atoms with Crippen molar-refractivity contribution in [2.45, 2.75) is 13.3 Å². The first-order chi connectivity index (χ1) is 8.74. The minimum atomic E-state index is -0.467. The highest BCUT2D eigenvalue weighted by atomic mass is 32.2. The number of benzene rings is 1. The third-order valence-corrected chi connectivity index (χ3v) is 3.20. The maximum absolute atomic E-state index is 11.9. The highest BCUT2D eigenvalue weighted by Crippen LogP contribution is 2.17. The number of nitriles is 1. The number of amidine groups is 1. The number of nitrogens with zero attached hydrogens (tertiary/aromatic N) is 4. The lowest BCUT2D eigenvalue weighted by atomic mass is 10.1. The lowest BCUT2D eigenvalue weighted by Crippen LogP contribution is -2.06. The van der Waals surface area contributed by atoms with E-state index in [9.17, 15) is 4.79 Å². The van der Waals surface area contributed by atoms with Crippen LogP contribution >= 0.6 is 11.8 Å². The predicted molar refractivity (Wildman–Crippen MR) is 70.4 cm³/mol. The summed E-state index contributed by atoms with van der Waals surface area (Å²) >= 11 is 1.28. The van der Waals surface area contributed by atoms with E-state index in [1.165, 1.54) is 11.8 Å². The van der Waals surface area contributed by atoms with Crippen molar-refractivity contribution >= 4 is 27.9 Å². The summed E-state index contributed by atoms with van der Waals surface area (Å²) in [6.45, 7) is 1.96. The lowest BCUT2D eigenvalue weighted by Gasteiger charge is -1.98. The van der Waals surface area contributed by atoms with Gasteiger partial charge in [-0.2, -0.15) is 10.3 Å². The van der Waals surface area contributed by atoms with E-state index in [4.69, 9.17) is 5.26 Å². The third kappa shape index (κ3) is 2.57. The van der Waals surface area contributed by atoms with Gasteiger partial charge in [-0.05, 0) is 30.3 Å². The molecule has 0 spiro atoms. The molecule has 5 nitrogen and oxygen atoms in total. The minimum Gasteiger partial charge on any atom is -0.267 e. The third-order valence-electron chi connectivity index (χ3n) is 2.23. The van der Waals surface area contributed by atoms with E-state index < -0.39 is 5.91 Å². The standard InChI is InChI=1S/C12H9N4OS/c1-2-10-15-16-12(18-10)14-11(17)9-6-4-3-5-8(9)7-13/h3-6H,2H2,1H3. The van der Waals surface area contributed by atoms with Crippen LogP contribution in [-0.4, -0.2) is 16.1 Å². The van der Waals surface area contributed by atoms with Crippen LogP contribution in [0.5, 0.6) is 0 Å². The number of rotatable bonds is 2. The highest BCUT2D eigenvalue weighted by Gasteiger charge is 2.17. The van der Waals surface area contributed by atoms with Gasteiger partial charge >= 0.3 is 0 Å². The lowest BCUT2D eigenvalue weighted by molar-refractivity contribution is 0.100. The number of carbonyl (C=O) groups is 1. The molecule has 0 aliphatic carbocycles. The van der Waals surface area contributed by atoms with E-state index in [0.717, 1.165) is 11.5 Å². The molecule has 1 radical (unpaired) electrons. The van der Waals surface area contributed by atoms with Crippen LogP contribution in [0.4, 0.5) is 0 Å². The molecule has 1 amide bonds. The number of amides is 1. The molecule has 18 heavy (non-hydrogen) atoms. The summed E-state index contributed by atoms with van der Waals surface area (Å²) in [5.41, 5.74) is 4.40. The van der Waals surface area contributed by atoms with Crippen LogP contribution in [0.1, 0.15) is 29.3 Å². The molecule has 89 valence electrons. The van der Waals surface area contributed by atoms with Gasteiger partial charge in [0.15, 0.2) is 0 Å². The molecule has 0 aromatic heterocycles. The molecule has 0 saturated heterocycles. The second-order valence-corrected chi connectivity index (χ2v) is 4.45. The Morgan fingerprint density at radius 3 is 2.94 bits per heavy atom. The molecule has 1 aromatic carbocycles. The molecular weight excluding hydrogens is 248 g/mol. The monoisotopic (exact) mass is 257 g/mol. The Balaban J connectivity index is 2.19. The molecule has 0 atom stereocenters. The van der Waals surface area contributed by atoms with Gasteiger partial charge in [-0.1, -0.05) is 19.1 Å². The molecule has 2 rings (SSSR count). The Hall–Kier alpha value is -2.13. The number of hydrogen-bond acceptors (Lipinski definition) is 4. The second kappa shape index (κ2) is 5.47. The van der Waals surface area contributed by atoms with E-state index in [-0.39, 0.29) is 5.56 Å². The number of hydrogen-bond donors (Lipinski definition) is 0. The zero-order valence-corrected chi connectivity index (χ0v) is 10.4. The maximum atomic E-state index is 11.9. The van der Waals surface area contributed by atoms with Gasteiger partial charge in [0, 0.05) is 0 Å². The predicted octanol–water partition coefficient (Wildman–Crippen LogP) is 2.13. The average molecular weight is 257 g/mol. The number of aliphatic imine (C=N–C) groups is 1. The van der Waals surface area contributed by atoms with Gasteiger partial charge < -0.3 is 0 Å². The topological polar surface area (TPSA) is 79.7 Å². The van der Waals surface area contributed by atoms with Crippen molar-refractivity contribution in [3.05, 3.63) is 35.4 Å². The smallest absolute Gasteiger partial charge is 0.267 e. The Morgan fingerprint density at radius 2 is 2.28 bits per heavy atom. The molecule has 0 N–H and O–H groups in total. The summed E-state index contributed by atoms with van der Waals surface area (Å²) in [6, 6.07) is 8.52. The zero-order chi connectivity index (χ0) is 13.0. The van der Waals surface area contributed by atoms with Crippen molar-refractivity contribution < 1.29 is 4.79 Å². The maximum Gasteiger partial charge on any atom is 0.280 e. The van der Waals surface area contributed by atoms with Gasteiger partial charge in [0.2, 0.25) is 5.17 Å². The fourth-order valence-corrected chi connectivity index (χ4v) is 1.99. The molecule has 0 saturated carbocycles. The van der Waals surface area contributed by atoms with Crippen molar-refractivity contribution in [2.75, 3.05) is 0 Å². The van der Waals surface area contributed by atoms with Crippen molar-refractivity contribution in [3.8, 4) is 6.07 Å². The molecular formula is C12H9N4OS. The van der Waals surface area contributed by atoms with Crippen LogP contribution in [-0.2, 0) is 0 Å². The van der Waals surface area contributed by atoms with E-state index in [1.54, 1.807) is 24.3 Å². The first-order valence-electron chi connectivity index (χ1n) is 5.32. The number of carbonyl (C=O) groups excluding carboxylic acids is 1. The highest BCUT2D eigenvalue weighted by molar-refractivity contribution is 8.26. The summed E-state index contributed by atoms with van der Waals surface area (Å²) in [7, 11) is 0. The summed E-state index contributed by atoms with van der Waals surface area (Å²) in [4.78, 5) is 15.8. The quantitative estimate of drug-likeness (QED) is 0.814. The summed E-state index contributed by atoms with van der Waals surface area (Å²) in [5.74, 6) is -0.467. The summed E-state index contributed by atoms with van der Waals surface area (Å²) < 4.78 is 0. The molecule has 1 aliphatic heterocycles. The number of thioether (sulfide) groups is 1. The SMILES string of the molecule is CCC1=N[N]C(=NC(=O)c2ccccc2C#N)S1. The summed E-state index contributed by atoms with van der Waals surface area (Å²) in [6.07, 6.45) is 0.760. The van der Waals surface area contributed by atoms with Gasteiger partial charge in [-0.3, -0.25) is 4.79 Å². The van der Waals surface area contributed by atoms with Crippen LogP contribution < -0.4 is 5.43 Å². The molecule has 0 bridgehead atoms. The van der Waals surface area contributed by atoms with Gasteiger partial charge in [0.25, 0.3) is 5.91 Å². The van der Waals surface area contributed by atoms with Crippen LogP contribution in [0.15, 0.2) is 34.4 Å². The van der Waals surface area contributed by atoms with Crippen molar-refractivity contribution in [2.24, 2.45) is 10.1 Å². The Bertz CT molecular complexity index is 586. The van der Waals surface area contributed by atoms with E-state index >= 15 is 0 Å². The minimum absolute atomic E-state index is 0.285. The Kier molecular flexibility index (Phi) is 3.75. The van der Waals surface area contributed by atoms with Crippen molar-refractivity contribution in [3.63, 3.8) is 0 Å². The van der Waals surface area contributed by atoms with E-state index in [1.807, 2.05) is 13.0 Å². The molecule has 0 unspecified atom stereocenters. The van der Waals surface area contributed by atoms with Gasteiger partial charge in [0.05, 0.1) is 17.2 Å². The largest absolute Gasteiger partial charge is 0.280 e. The zero-order valence-electron chi connectivity index (χ0n) is 9.62. The Labute approximate surface area is 109 Å². The first kappa shape index (κ1) is 12.3. The van der Waals surface area contributed by atoms with Crippen LogP contribution in [0.2, 0.25) is 0 Å². The molecule has 6 heteroatoms. The van der Waals surface area contributed by atoms with Crippen LogP contribution in [0.25, 0.3) is 0 Å². The van der Waals surface area contributed by atoms with E-state index in [0.29, 0.717) is 10.7 Å². The van der Waals surface area contributed by atoms with E-state index in [2.05, 4.69) is 15.5 Å². The van der Waals surface area contributed by atoms with Crippen molar-refractivity contribution in [1.29, 1.82) is 5.26 Å². The average Bonchev–Trinajstić information content (AvgIpc) is 2.86. The van der Waals surface area contributed by atoms with Gasteiger partial charge in [-0.25, -0.2) is 0 Å². The molecule has 1 heterocycles. The van der Waals surface area contributed by atoms with Crippen LogP contribution in [0, 0.1) is 11.3 Å². The normalized spacial score (nSPS) is 16.0. The summed E-state index contributed by atoms with van der Waals surface area (Å²) in [5, 5.41) is 13.9. The molecule has 1 aliphatic rings. The Morgan fingerprint density at radius 1 is 1.50 bits per heavy atom. The van der Waals surface area contributed by atoms with Crippen molar-refractivity contribution in [1.82, 2.24) is 5.43 Å². The molecule has 0 fully saturated rings. The second-order valence-electron chi connectivity index (χ2n) is 3.41. The van der Waals surface area contributed by atoms with Crippen LogP contribution in [0.3, 0.4) is 0 Å². The fraction of sp³-hybridized carbons (Fsp3) is 0.167. The first-order valence-corrected chi connectivity index (χ1v) is 6.13. The molecule has 1 aromatic rings. The fourth-order valence-electron chi connectivity index (χ4n) is 1.35. The van der Waals surface area contributed by atoms with Gasteiger partial charge in [0.1, 0.15) is 5.04 Å². The van der Waals surface area contributed by atoms with Gasteiger partial charge in [-0.15, -0.1) is 10.5 Å².